The molecule has 0 saturated heterocycles. The van der Waals surface area contributed by atoms with E-state index in [9.17, 15) is 14.7 Å². The van der Waals surface area contributed by atoms with Gasteiger partial charge in [0.1, 0.15) is 18.0 Å². The van der Waals surface area contributed by atoms with E-state index in [1.165, 1.54) is 19.4 Å². The van der Waals surface area contributed by atoms with Gasteiger partial charge < -0.3 is 19.3 Å². The maximum absolute atomic E-state index is 13.0. The molecule has 0 aliphatic carbocycles. The normalized spacial score (nSPS) is 14.2. The minimum absolute atomic E-state index is 0.122. The lowest BCUT2D eigenvalue weighted by molar-refractivity contribution is -0.157. The smallest absolute Gasteiger partial charge is 0.309 e. The number of rotatable bonds is 13. The summed E-state index contributed by atoms with van der Waals surface area (Å²) in [7, 11) is 1.39. The average molecular weight is 506 g/mol. The highest BCUT2D eigenvalue weighted by Crippen LogP contribution is 2.30. The lowest BCUT2D eigenvalue weighted by Gasteiger charge is -2.32. The number of Topliss-reactive ketones (excluding diaryl/α,β-unsaturated/α-hetero) is 1. The number of benzene rings is 2. The maximum atomic E-state index is 13.0. The molecule has 0 aliphatic heterocycles. The monoisotopic (exact) mass is 505 g/mol. The summed E-state index contributed by atoms with van der Waals surface area (Å²) in [6.07, 6.45) is 1.95. The van der Waals surface area contributed by atoms with Crippen LogP contribution >= 0.6 is 0 Å². The van der Waals surface area contributed by atoms with E-state index in [2.05, 4.69) is 11.9 Å². The second-order valence-corrected chi connectivity index (χ2v) is 9.11. The maximum Gasteiger partial charge on any atom is 0.309 e. The SMILES string of the molecule is CC[C@H](Oc1ccccc1)[C@@H](Cc1ccccc1)[C@H](C)OC(=O)[C@H](C)CC(=O)c1nccc(OC)c1O. The van der Waals surface area contributed by atoms with Crippen LogP contribution in [-0.2, 0) is 16.0 Å². The van der Waals surface area contributed by atoms with Crippen LogP contribution in [0, 0.1) is 11.8 Å². The topological polar surface area (TPSA) is 95.0 Å². The third kappa shape index (κ3) is 7.56. The number of ketones is 1. The zero-order valence-electron chi connectivity index (χ0n) is 21.8. The van der Waals surface area contributed by atoms with E-state index in [-0.39, 0.29) is 35.6 Å². The van der Waals surface area contributed by atoms with Gasteiger partial charge in [-0.15, -0.1) is 0 Å². The van der Waals surface area contributed by atoms with E-state index in [0.717, 1.165) is 17.7 Å². The fourth-order valence-corrected chi connectivity index (χ4v) is 4.28. The van der Waals surface area contributed by atoms with Crippen molar-refractivity contribution in [3.63, 3.8) is 0 Å². The van der Waals surface area contributed by atoms with Gasteiger partial charge in [0, 0.05) is 24.6 Å². The molecule has 0 spiro atoms. The van der Waals surface area contributed by atoms with Crippen LogP contribution in [0.2, 0.25) is 0 Å². The molecule has 196 valence electrons. The molecule has 0 radical (unpaired) electrons. The molecule has 0 fully saturated rings. The fourth-order valence-electron chi connectivity index (χ4n) is 4.28. The molecule has 1 N–H and O–H groups in total. The predicted molar refractivity (Wildman–Crippen MR) is 141 cm³/mol. The Morgan fingerprint density at radius 3 is 2.24 bits per heavy atom. The fraction of sp³-hybridized carbons (Fsp3) is 0.367. The van der Waals surface area contributed by atoms with Gasteiger partial charge >= 0.3 is 5.97 Å². The van der Waals surface area contributed by atoms with Crippen molar-refractivity contribution in [1.82, 2.24) is 4.98 Å². The van der Waals surface area contributed by atoms with Crippen LogP contribution in [0.25, 0.3) is 0 Å². The first-order chi connectivity index (χ1) is 17.8. The first-order valence-electron chi connectivity index (χ1n) is 12.5. The van der Waals surface area contributed by atoms with Crippen molar-refractivity contribution in [3.8, 4) is 17.2 Å². The summed E-state index contributed by atoms with van der Waals surface area (Å²) in [6, 6.07) is 21.1. The van der Waals surface area contributed by atoms with Crippen molar-refractivity contribution in [1.29, 1.82) is 0 Å². The predicted octanol–water partition coefficient (Wildman–Crippen LogP) is 5.65. The van der Waals surface area contributed by atoms with Gasteiger partial charge in [-0.2, -0.15) is 0 Å². The van der Waals surface area contributed by atoms with Crippen molar-refractivity contribution < 1.29 is 28.9 Å². The van der Waals surface area contributed by atoms with Crippen LogP contribution in [0.3, 0.4) is 0 Å². The molecule has 1 aromatic heterocycles. The number of aromatic nitrogens is 1. The Morgan fingerprint density at radius 1 is 0.973 bits per heavy atom. The first-order valence-corrected chi connectivity index (χ1v) is 12.5. The van der Waals surface area contributed by atoms with E-state index in [0.29, 0.717) is 6.42 Å². The highest BCUT2D eigenvalue weighted by Gasteiger charge is 2.32. The lowest BCUT2D eigenvalue weighted by Crippen LogP contribution is -2.39. The molecule has 0 unspecified atom stereocenters. The van der Waals surface area contributed by atoms with Crippen molar-refractivity contribution in [2.75, 3.05) is 7.11 Å². The van der Waals surface area contributed by atoms with Crippen LogP contribution < -0.4 is 9.47 Å². The number of ether oxygens (including phenoxy) is 3. The number of pyridine rings is 1. The Bertz CT molecular complexity index is 1150. The Labute approximate surface area is 218 Å². The number of carbonyl (C=O) groups is 2. The molecule has 0 bridgehead atoms. The largest absolute Gasteiger partial charge is 0.503 e. The summed E-state index contributed by atoms with van der Waals surface area (Å²) < 4.78 is 17.3. The van der Waals surface area contributed by atoms with Gasteiger partial charge in [-0.3, -0.25) is 9.59 Å². The number of aromatic hydroxyl groups is 1. The van der Waals surface area contributed by atoms with E-state index in [1.54, 1.807) is 6.92 Å². The summed E-state index contributed by atoms with van der Waals surface area (Å²) in [4.78, 5) is 29.8. The van der Waals surface area contributed by atoms with Crippen molar-refractivity contribution in [3.05, 3.63) is 84.2 Å². The minimum Gasteiger partial charge on any atom is -0.503 e. The van der Waals surface area contributed by atoms with E-state index in [1.807, 2.05) is 67.6 Å². The molecule has 4 atom stereocenters. The Hall–Kier alpha value is -3.87. The molecular formula is C30H35NO6. The van der Waals surface area contributed by atoms with Crippen LogP contribution in [0.1, 0.15) is 49.7 Å². The van der Waals surface area contributed by atoms with Crippen molar-refractivity contribution in [2.45, 2.75) is 52.2 Å². The number of para-hydroxylation sites is 1. The van der Waals surface area contributed by atoms with Gasteiger partial charge in [-0.25, -0.2) is 4.98 Å². The molecule has 0 amide bonds. The van der Waals surface area contributed by atoms with Gasteiger partial charge in [0.25, 0.3) is 0 Å². The quantitative estimate of drug-likeness (QED) is 0.237. The molecule has 1 heterocycles. The van der Waals surface area contributed by atoms with Gasteiger partial charge in [0.15, 0.2) is 23.0 Å². The number of esters is 1. The second-order valence-electron chi connectivity index (χ2n) is 9.11. The van der Waals surface area contributed by atoms with Crippen LogP contribution in [0.5, 0.6) is 17.2 Å². The van der Waals surface area contributed by atoms with Gasteiger partial charge in [-0.05, 0) is 37.5 Å². The molecule has 7 nitrogen and oxygen atoms in total. The van der Waals surface area contributed by atoms with E-state index >= 15 is 0 Å². The molecule has 0 aliphatic rings. The Balaban J connectivity index is 1.72. The molecule has 0 saturated carbocycles. The molecule has 3 aromatic rings. The highest BCUT2D eigenvalue weighted by molar-refractivity contribution is 5.99. The molecule has 2 aromatic carbocycles. The molecule has 37 heavy (non-hydrogen) atoms. The average Bonchev–Trinajstić information content (AvgIpc) is 2.91. The molecular weight excluding hydrogens is 470 g/mol. The van der Waals surface area contributed by atoms with E-state index in [4.69, 9.17) is 14.2 Å². The van der Waals surface area contributed by atoms with Crippen molar-refractivity contribution in [2.24, 2.45) is 11.8 Å². The van der Waals surface area contributed by atoms with E-state index < -0.39 is 23.8 Å². The molecule has 3 rings (SSSR count). The van der Waals surface area contributed by atoms with Gasteiger partial charge in [-0.1, -0.05) is 62.4 Å². The summed E-state index contributed by atoms with van der Waals surface area (Å²) in [5, 5.41) is 10.2. The first kappa shape index (κ1) is 27.7. The van der Waals surface area contributed by atoms with Crippen LogP contribution in [0.15, 0.2) is 72.9 Å². The summed E-state index contributed by atoms with van der Waals surface area (Å²) in [5.41, 5.74) is 0.990. The van der Waals surface area contributed by atoms with Gasteiger partial charge in [0.05, 0.1) is 13.0 Å². The number of methoxy groups -OCH3 is 1. The number of hydrogen-bond donors (Lipinski definition) is 1. The Kier molecular flexibility index (Phi) is 10.1. The standard InChI is InChI=1S/C30H35NO6/c1-5-26(37-23-14-10-7-11-15-23)24(19-22-12-8-6-9-13-22)21(3)36-30(34)20(2)18-25(32)28-29(33)27(35-4)16-17-31-28/h6-17,20-21,24,26,33H,5,18-19H2,1-4H3/t20-,21+,24+,26+/m1/s1. The zero-order valence-corrected chi connectivity index (χ0v) is 21.8. The second kappa shape index (κ2) is 13.4. The lowest BCUT2D eigenvalue weighted by atomic mass is 9.88. The summed E-state index contributed by atoms with van der Waals surface area (Å²) >= 11 is 0. The van der Waals surface area contributed by atoms with Crippen LogP contribution in [0.4, 0.5) is 0 Å². The van der Waals surface area contributed by atoms with Gasteiger partial charge in [0.2, 0.25) is 0 Å². The van der Waals surface area contributed by atoms with Crippen molar-refractivity contribution >= 4 is 11.8 Å². The number of nitrogens with zero attached hydrogens (tertiary/aromatic N) is 1. The third-order valence-corrected chi connectivity index (χ3v) is 6.40. The molecule has 7 heteroatoms. The minimum atomic E-state index is -0.727. The summed E-state index contributed by atoms with van der Waals surface area (Å²) in [5.74, 6) is -1.23. The Morgan fingerprint density at radius 2 is 1.62 bits per heavy atom. The third-order valence-electron chi connectivity index (χ3n) is 6.40. The summed E-state index contributed by atoms with van der Waals surface area (Å²) in [6.45, 7) is 5.55. The van der Waals surface area contributed by atoms with Crippen LogP contribution in [-0.4, -0.2) is 41.2 Å². The zero-order chi connectivity index (χ0) is 26.8. The number of hydrogen-bond acceptors (Lipinski definition) is 7. The highest BCUT2D eigenvalue weighted by atomic mass is 16.5. The number of carbonyl (C=O) groups excluding carboxylic acids is 2.